The molecule has 3 aromatic rings. The molecule has 2 amide bonds. The van der Waals surface area contributed by atoms with Crippen LogP contribution in [0.2, 0.25) is 0 Å². The third kappa shape index (κ3) is 4.38. The molecule has 1 N–H and O–H groups in total. The first-order valence-corrected chi connectivity index (χ1v) is 10.5. The first-order chi connectivity index (χ1) is 14.0. The summed E-state index contributed by atoms with van der Waals surface area (Å²) in [6.45, 7) is 4.79. The molecule has 5 nitrogen and oxygen atoms in total. The van der Waals surface area contributed by atoms with Gasteiger partial charge in [-0.15, -0.1) is 11.3 Å². The predicted octanol–water partition coefficient (Wildman–Crippen LogP) is 4.73. The highest BCUT2D eigenvalue weighted by Gasteiger charge is 2.21. The van der Waals surface area contributed by atoms with E-state index >= 15 is 0 Å². The molecule has 0 unspecified atom stereocenters. The van der Waals surface area contributed by atoms with E-state index in [9.17, 15) is 9.59 Å². The van der Waals surface area contributed by atoms with E-state index in [2.05, 4.69) is 41.5 Å². The van der Waals surface area contributed by atoms with Crippen LogP contribution < -0.4 is 10.2 Å². The maximum absolute atomic E-state index is 12.6. The number of nitrogens with one attached hydrogen (secondary N) is 1. The van der Waals surface area contributed by atoms with Gasteiger partial charge >= 0.3 is 0 Å². The van der Waals surface area contributed by atoms with Crippen LogP contribution in [-0.4, -0.2) is 23.3 Å². The van der Waals surface area contributed by atoms with Gasteiger partial charge in [-0.2, -0.15) is 0 Å². The van der Waals surface area contributed by atoms with Crippen molar-refractivity contribution in [2.24, 2.45) is 0 Å². The Bertz CT molecular complexity index is 1040. The molecule has 1 aromatic heterocycles. The predicted molar refractivity (Wildman–Crippen MR) is 117 cm³/mol. The average molecular weight is 406 g/mol. The van der Waals surface area contributed by atoms with Crippen molar-refractivity contribution in [2.45, 2.75) is 33.1 Å². The minimum Gasteiger partial charge on any atom is -0.312 e. The van der Waals surface area contributed by atoms with E-state index in [-0.39, 0.29) is 11.8 Å². The molecule has 1 saturated heterocycles. The molecule has 1 aliphatic rings. The van der Waals surface area contributed by atoms with Crippen LogP contribution in [-0.2, 0) is 11.2 Å². The number of benzene rings is 2. The van der Waals surface area contributed by atoms with Gasteiger partial charge in [0.25, 0.3) is 5.91 Å². The molecule has 0 radical (unpaired) electrons. The second-order valence-electron chi connectivity index (χ2n) is 7.34. The monoisotopic (exact) mass is 405 g/mol. The summed E-state index contributed by atoms with van der Waals surface area (Å²) >= 11 is 1.51. The van der Waals surface area contributed by atoms with E-state index < -0.39 is 0 Å². The van der Waals surface area contributed by atoms with Crippen molar-refractivity contribution in [3.05, 3.63) is 75.8 Å². The van der Waals surface area contributed by atoms with Gasteiger partial charge in [0.2, 0.25) is 5.91 Å². The Hall–Kier alpha value is -2.99. The molecule has 0 spiro atoms. The molecular formula is C23H23N3O2S. The van der Waals surface area contributed by atoms with E-state index in [4.69, 9.17) is 0 Å². The Balaban J connectivity index is 1.43. The number of anilines is 2. The largest absolute Gasteiger partial charge is 0.312 e. The number of nitrogens with zero attached hydrogens (tertiary/aromatic N) is 2. The molecule has 0 bridgehead atoms. The smallest absolute Gasteiger partial charge is 0.257 e. The fraction of sp³-hybridized carbons (Fsp3) is 0.261. The molecule has 1 fully saturated rings. The van der Waals surface area contributed by atoms with Crippen LogP contribution in [0.15, 0.2) is 48.5 Å². The minimum absolute atomic E-state index is 0.140. The lowest BCUT2D eigenvalue weighted by atomic mass is 10.1. The minimum atomic E-state index is -0.195. The molecular weight excluding hydrogens is 382 g/mol. The van der Waals surface area contributed by atoms with E-state index in [1.807, 2.05) is 19.1 Å². The van der Waals surface area contributed by atoms with Crippen LogP contribution in [0, 0.1) is 13.8 Å². The molecule has 29 heavy (non-hydrogen) atoms. The van der Waals surface area contributed by atoms with Gasteiger partial charge < -0.3 is 4.90 Å². The van der Waals surface area contributed by atoms with Crippen molar-refractivity contribution in [1.29, 1.82) is 0 Å². The topological polar surface area (TPSA) is 62.3 Å². The van der Waals surface area contributed by atoms with Gasteiger partial charge in [0.05, 0.1) is 5.69 Å². The normalized spacial score (nSPS) is 13.7. The van der Waals surface area contributed by atoms with Gasteiger partial charge in [-0.3, -0.25) is 14.9 Å². The van der Waals surface area contributed by atoms with Crippen molar-refractivity contribution >= 4 is 34.0 Å². The van der Waals surface area contributed by atoms with Gasteiger partial charge in [-0.05, 0) is 50.1 Å². The number of aryl methyl sites for hydroxylation is 2. The highest BCUT2D eigenvalue weighted by atomic mass is 32.1. The van der Waals surface area contributed by atoms with E-state index in [0.717, 1.165) is 35.6 Å². The maximum Gasteiger partial charge on any atom is 0.257 e. The van der Waals surface area contributed by atoms with Crippen LogP contribution in [0.3, 0.4) is 0 Å². The molecule has 148 valence electrons. The number of aromatic nitrogens is 1. The lowest BCUT2D eigenvalue weighted by Crippen LogP contribution is -2.23. The van der Waals surface area contributed by atoms with Crippen LogP contribution in [0.5, 0.6) is 0 Å². The number of carbonyl (C=O) groups is 2. The summed E-state index contributed by atoms with van der Waals surface area (Å²) in [5.74, 6) is -0.0542. The molecule has 1 aliphatic heterocycles. The van der Waals surface area contributed by atoms with Gasteiger partial charge in [-0.1, -0.05) is 29.8 Å². The lowest BCUT2D eigenvalue weighted by Gasteiger charge is -2.15. The van der Waals surface area contributed by atoms with Gasteiger partial charge in [0.15, 0.2) is 5.13 Å². The second kappa shape index (κ2) is 8.17. The summed E-state index contributed by atoms with van der Waals surface area (Å²) < 4.78 is 0. The molecule has 2 heterocycles. The Labute approximate surface area is 174 Å². The molecule has 2 aromatic carbocycles. The number of hydrogen-bond acceptors (Lipinski definition) is 4. The molecule has 0 atom stereocenters. The first-order valence-electron chi connectivity index (χ1n) is 9.73. The summed E-state index contributed by atoms with van der Waals surface area (Å²) in [6, 6.07) is 15.6. The zero-order valence-electron chi connectivity index (χ0n) is 16.6. The Morgan fingerprint density at radius 3 is 2.48 bits per heavy atom. The number of carbonyl (C=O) groups excluding carboxylic acids is 2. The van der Waals surface area contributed by atoms with Crippen LogP contribution in [0.25, 0.3) is 0 Å². The zero-order valence-corrected chi connectivity index (χ0v) is 17.4. The standard InChI is InChI=1S/C23H23N3O2S/c1-15-5-7-17(8-6-15)14-20-16(2)24-23(29-20)25-22(28)18-9-11-19(12-10-18)26-13-3-4-21(26)27/h5-12H,3-4,13-14H2,1-2H3,(H,24,25,28). The number of amides is 2. The molecule has 0 saturated carbocycles. The average Bonchev–Trinajstić information content (AvgIpc) is 3.29. The maximum atomic E-state index is 12.6. The van der Waals surface area contributed by atoms with Crippen molar-refractivity contribution in [3.8, 4) is 0 Å². The third-order valence-corrected chi connectivity index (χ3v) is 6.19. The van der Waals surface area contributed by atoms with E-state index in [1.54, 1.807) is 17.0 Å². The summed E-state index contributed by atoms with van der Waals surface area (Å²) in [7, 11) is 0. The molecule has 4 rings (SSSR count). The molecule has 0 aliphatic carbocycles. The van der Waals surface area contributed by atoms with Crippen LogP contribution in [0.1, 0.15) is 44.9 Å². The van der Waals surface area contributed by atoms with Gasteiger partial charge in [0, 0.05) is 35.5 Å². The highest BCUT2D eigenvalue weighted by molar-refractivity contribution is 7.15. The third-order valence-electron chi connectivity index (χ3n) is 5.11. The second-order valence-corrected chi connectivity index (χ2v) is 8.42. The Morgan fingerprint density at radius 2 is 1.83 bits per heavy atom. The van der Waals surface area contributed by atoms with E-state index in [1.165, 1.54) is 22.5 Å². The summed E-state index contributed by atoms with van der Waals surface area (Å²) in [6.07, 6.45) is 2.28. The number of rotatable bonds is 5. The number of hydrogen-bond donors (Lipinski definition) is 1. The Kier molecular flexibility index (Phi) is 5.45. The summed E-state index contributed by atoms with van der Waals surface area (Å²) in [5.41, 5.74) is 4.80. The van der Waals surface area contributed by atoms with E-state index in [0.29, 0.717) is 17.1 Å². The summed E-state index contributed by atoms with van der Waals surface area (Å²) in [5, 5.41) is 3.51. The van der Waals surface area contributed by atoms with Crippen molar-refractivity contribution < 1.29 is 9.59 Å². The fourth-order valence-electron chi connectivity index (χ4n) is 3.42. The lowest BCUT2D eigenvalue weighted by molar-refractivity contribution is -0.117. The van der Waals surface area contributed by atoms with Crippen LogP contribution in [0.4, 0.5) is 10.8 Å². The first kappa shape index (κ1) is 19.3. The quantitative estimate of drug-likeness (QED) is 0.667. The SMILES string of the molecule is Cc1ccc(Cc2sc(NC(=O)c3ccc(N4CCCC4=O)cc3)nc2C)cc1. The fourth-order valence-corrected chi connectivity index (χ4v) is 4.41. The highest BCUT2D eigenvalue weighted by Crippen LogP contribution is 2.26. The van der Waals surface area contributed by atoms with Gasteiger partial charge in [-0.25, -0.2) is 4.98 Å². The van der Waals surface area contributed by atoms with Crippen molar-refractivity contribution in [2.75, 3.05) is 16.8 Å². The van der Waals surface area contributed by atoms with Crippen LogP contribution >= 0.6 is 11.3 Å². The zero-order chi connectivity index (χ0) is 20.4. The molecule has 6 heteroatoms. The van der Waals surface area contributed by atoms with Gasteiger partial charge in [0.1, 0.15) is 0 Å². The number of thiazole rings is 1. The summed E-state index contributed by atoms with van der Waals surface area (Å²) in [4.78, 5) is 31.9. The Morgan fingerprint density at radius 1 is 1.10 bits per heavy atom. The van der Waals surface area contributed by atoms with Crippen molar-refractivity contribution in [3.63, 3.8) is 0 Å². The van der Waals surface area contributed by atoms with Crippen molar-refractivity contribution in [1.82, 2.24) is 4.98 Å².